The summed E-state index contributed by atoms with van der Waals surface area (Å²) in [7, 11) is 3.39. The number of methoxy groups -OCH3 is 1. The minimum Gasteiger partial charge on any atom is -0.496 e. The van der Waals surface area contributed by atoms with Crippen LogP contribution in [0.4, 0.5) is 0 Å². The first-order valence-corrected chi connectivity index (χ1v) is 8.67. The Hall–Kier alpha value is -1.72. The molecule has 4 nitrogen and oxygen atoms in total. The first kappa shape index (κ1) is 17.1. The number of benzene rings is 2. The van der Waals surface area contributed by atoms with Gasteiger partial charge in [-0.05, 0) is 42.0 Å². The van der Waals surface area contributed by atoms with E-state index in [4.69, 9.17) is 21.1 Å². The summed E-state index contributed by atoms with van der Waals surface area (Å²) in [4.78, 5) is 14.4. The molecule has 3 rings (SSSR count). The van der Waals surface area contributed by atoms with Crippen molar-refractivity contribution in [2.24, 2.45) is 0 Å². The Morgan fingerprint density at radius 3 is 2.92 bits per heavy atom. The van der Waals surface area contributed by atoms with Crippen molar-refractivity contribution >= 4 is 33.4 Å². The van der Waals surface area contributed by atoms with Crippen LogP contribution in [0.15, 0.2) is 40.9 Å². The topological polar surface area (TPSA) is 38.8 Å². The summed E-state index contributed by atoms with van der Waals surface area (Å²) in [6.45, 7) is 0.443. The van der Waals surface area contributed by atoms with E-state index in [0.29, 0.717) is 18.0 Å². The normalized spacial score (nSPS) is 15.6. The summed E-state index contributed by atoms with van der Waals surface area (Å²) in [6.07, 6.45) is 0.0240. The standard InChI is InChI=1S/C18H17BrClNO3/c1-21(10-12-7-13(19)3-5-15(12)23-2)18(22)17-9-11-8-14(20)4-6-16(11)24-17/h3-8,17H,9-10H2,1-2H3. The van der Waals surface area contributed by atoms with E-state index in [-0.39, 0.29) is 5.91 Å². The predicted molar refractivity (Wildman–Crippen MR) is 96.7 cm³/mol. The Morgan fingerprint density at radius 2 is 2.17 bits per heavy atom. The van der Waals surface area contributed by atoms with Gasteiger partial charge in [0.1, 0.15) is 11.5 Å². The molecule has 0 radical (unpaired) electrons. The highest BCUT2D eigenvalue weighted by molar-refractivity contribution is 9.10. The molecule has 0 aliphatic carbocycles. The van der Waals surface area contributed by atoms with Crippen LogP contribution >= 0.6 is 27.5 Å². The molecule has 1 heterocycles. The van der Waals surface area contributed by atoms with Crippen molar-refractivity contribution in [3.05, 3.63) is 57.0 Å². The molecule has 24 heavy (non-hydrogen) atoms. The lowest BCUT2D eigenvalue weighted by Gasteiger charge is -2.22. The zero-order chi connectivity index (χ0) is 17.3. The van der Waals surface area contributed by atoms with Crippen LogP contribution in [0.3, 0.4) is 0 Å². The van der Waals surface area contributed by atoms with Gasteiger partial charge in [-0.1, -0.05) is 27.5 Å². The number of fused-ring (bicyclic) bond motifs is 1. The van der Waals surface area contributed by atoms with Gasteiger partial charge in [0.25, 0.3) is 5.91 Å². The maximum Gasteiger partial charge on any atom is 0.264 e. The molecule has 1 aliphatic heterocycles. The van der Waals surface area contributed by atoms with E-state index in [2.05, 4.69) is 15.9 Å². The average Bonchev–Trinajstić information content (AvgIpc) is 2.97. The number of hydrogen-bond donors (Lipinski definition) is 0. The van der Waals surface area contributed by atoms with Crippen molar-refractivity contribution in [3.63, 3.8) is 0 Å². The van der Waals surface area contributed by atoms with Crippen molar-refractivity contribution in [2.45, 2.75) is 19.1 Å². The fraction of sp³-hybridized carbons (Fsp3) is 0.278. The van der Waals surface area contributed by atoms with E-state index < -0.39 is 6.10 Å². The van der Waals surface area contributed by atoms with E-state index in [1.807, 2.05) is 30.3 Å². The number of carbonyl (C=O) groups excluding carboxylic acids is 1. The fourth-order valence-corrected chi connectivity index (χ4v) is 3.41. The molecular formula is C18H17BrClNO3. The molecule has 1 atom stereocenters. The number of rotatable bonds is 4. The molecule has 0 fully saturated rings. The third-order valence-electron chi connectivity index (χ3n) is 4.00. The van der Waals surface area contributed by atoms with E-state index in [1.165, 1.54) is 0 Å². The molecule has 1 unspecified atom stereocenters. The summed E-state index contributed by atoms with van der Waals surface area (Å²) in [5.41, 5.74) is 1.90. The smallest absolute Gasteiger partial charge is 0.264 e. The number of likely N-dealkylation sites (N-methyl/N-ethyl adjacent to an activating group) is 1. The van der Waals surface area contributed by atoms with Gasteiger partial charge < -0.3 is 14.4 Å². The third-order valence-corrected chi connectivity index (χ3v) is 4.73. The van der Waals surface area contributed by atoms with Crippen LogP contribution in [0.1, 0.15) is 11.1 Å². The summed E-state index contributed by atoms with van der Waals surface area (Å²) in [6, 6.07) is 11.2. The molecule has 0 N–H and O–H groups in total. The third kappa shape index (κ3) is 3.52. The second-order valence-corrected chi connectivity index (χ2v) is 7.07. The zero-order valence-corrected chi connectivity index (χ0v) is 15.7. The zero-order valence-electron chi connectivity index (χ0n) is 13.4. The van der Waals surface area contributed by atoms with Crippen LogP contribution in [-0.2, 0) is 17.8 Å². The molecule has 2 aromatic carbocycles. The molecule has 1 amide bonds. The Kier molecular flexibility index (Phi) is 5.01. The Bertz CT molecular complexity index is 781. The van der Waals surface area contributed by atoms with Crippen LogP contribution in [0.2, 0.25) is 5.02 Å². The molecule has 2 aromatic rings. The summed E-state index contributed by atoms with van der Waals surface area (Å²) in [5, 5.41) is 0.651. The van der Waals surface area contributed by atoms with Gasteiger partial charge in [-0.3, -0.25) is 4.79 Å². The van der Waals surface area contributed by atoms with Gasteiger partial charge in [0, 0.05) is 35.1 Å². The highest BCUT2D eigenvalue weighted by atomic mass is 79.9. The van der Waals surface area contributed by atoms with E-state index in [9.17, 15) is 4.79 Å². The highest BCUT2D eigenvalue weighted by Gasteiger charge is 2.31. The Labute approximate surface area is 154 Å². The van der Waals surface area contributed by atoms with Crippen molar-refractivity contribution in [1.82, 2.24) is 4.90 Å². The molecule has 0 aromatic heterocycles. The Morgan fingerprint density at radius 1 is 1.38 bits per heavy atom. The van der Waals surface area contributed by atoms with Crippen LogP contribution in [0.25, 0.3) is 0 Å². The van der Waals surface area contributed by atoms with Gasteiger partial charge in [0.15, 0.2) is 6.10 Å². The number of carbonyl (C=O) groups is 1. The number of amides is 1. The highest BCUT2D eigenvalue weighted by Crippen LogP contribution is 2.32. The number of nitrogens with zero attached hydrogens (tertiary/aromatic N) is 1. The summed E-state index contributed by atoms with van der Waals surface area (Å²) in [5.74, 6) is 1.41. The van der Waals surface area contributed by atoms with Crippen molar-refractivity contribution in [1.29, 1.82) is 0 Å². The summed E-state index contributed by atoms with van der Waals surface area (Å²) < 4.78 is 12.1. The first-order valence-electron chi connectivity index (χ1n) is 7.50. The lowest BCUT2D eigenvalue weighted by Crippen LogP contribution is -2.38. The fourth-order valence-electron chi connectivity index (χ4n) is 2.80. The maximum absolute atomic E-state index is 12.7. The monoisotopic (exact) mass is 409 g/mol. The SMILES string of the molecule is COc1ccc(Br)cc1CN(C)C(=O)C1Cc2cc(Cl)ccc2O1. The van der Waals surface area contributed by atoms with Gasteiger partial charge in [0.2, 0.25) is 0 Å². The maximum atomic E-state index is 12.7. The van der Waals surface area contributed by atoms with E-state index in [0.717, 1.165) is 27.1 Å². The van der Waals surface area contributed by atoms with E-state index in [1.54, 1.807) is 25.1 Å². The minimum absolute atomic E-state index is 0.0654. The van der Waals surface area contributed by atoms with E-state index >= 15 is 0 Å². The lowest BCUT2D eigenvalue weighted by atomic mass is 10.1. The Balaban J connectivity index is 1.71. The van der Waals surface area contributed by atoms with Gasteiger partial charge in [-0.2, -0.15) is 0 Å². The van der Waals surface area contributed by atoms with Crippen molar-refractivity contribution in [2.75, 3.05) is 14.2 Å². The first-order chi connectivity index (χ1) is 11.5. The largest absolute Gasteiger partial charge is 0.496 e. The number of halogens is 2. The van der Waals surface area contributed by atoms with Crippen LogP contribution in [-0.4, -0.2) is 31.1 Å². The van der Waals surface area contributed by atoms with Crippen molar-refractivity contribution in [3.8, 4) is 11.5 Å². The van der Waals surface area contributed by atoms with Gasteiger partial charge in [-0.25, -0.2) is 0 Å². The lowest BCUT2D eigenvalue weighted by molar-refractivity contribution is -0.137. The van der Waals surface area contributed by atoms with Crippen LogP contribution in [0.5, 0.6) is 11.5 Å². The van der Waals surface area contributed by atoms with Crippen molar-refractivity contribution < 1.29 is 14.3 Å². The van der Waals surface area contributed by atoms with Gasteiger partial charge >= 0.3 is 0 Å². The summed E-state index contributed by atoms with van der Waals surface area (Å²) >= 11 is 9.45. The molecule has 1 aliphatic rings. The molecule has 0 bridgehead atoms. The van der Waals surface area contributed by atoms with Gasteiger partial charge in [-0.15, -0.1) is 0 Å². The molecule has 0 saturated carbocycles. The molecular weight excluding hydrogens is 394 g/mol. The quantitative estimate of drug-likeness (QED) is 0.762. The predicted octanol–water partition coefficient (Wildman–Crippen LogP) is 4.07. The molecule has 0 spiro atoms. The van der Waals surface area contributed by atoms with Crippen LogP contribution < -0.4 is 9.47 Å². The van der Waals surface area contributed by atoms with Gasteiger partial charge in [0.05, 0.1) is 7.11 Å². The number of hydrogen-bond acceptors (Lipinski definition) is 3. The second kappa shape index (κ2) is 7.03. The molecule has 6 heteroatoms. The molecule has 126 valence electrons. The average molecular weight is 411 g/mol. The second-order valence-electron chi connectivity index (χ2n) is 5.71. The number of ether oxygens (including phenoxy) is 2. The minimum atomic E-state index is -0.512. The molecule has 0 saturated heterocycles. The van der Waals surface area contributed by atoms with Crippen LogP contribution in [0, 0.1) is 0 Å².